The number of guanidine groups is 1. The number of hydrogen-bond donors (Lipinski definition) is 0. The summed E-state index contributed by atoms with van der Waals surface area (Å²) in [7, 11) is 15.6. The zero-order valence-corrected chi connectivity index (χ0v) is 54.0. The Morgan fingerprint density at radius 3 is 1.25 bits per heavy atom. The van der Waals surface area contributed by atoms with Crippen LogP contribution >= 0.6 is 0 Å². The molecule has 1 heterocycles. The number of aryl methyl sites for hydroxylation is 2. The molecule has 416 valence electrons. The number of nitrogens with zero attached hydrogens (tertiary/aromatic N) is 8. The summed E-state index contributed by atoms with van der Waals surface area (Å²) in [6, 6.07) is 16.8. The van der Waals surface area contributed by atoms with Gasteiger partial charge in [-0.2, -0.15) is 10.2 Å². The number of rotatable bonds is 12. The smallest absolute Gasteiger partial charge is 0.216 e. The van der Waals surface area contributed by atoms with E-state index in [1.807, 2.05) is 110 Å². The summed E-state index contributed by atoms with van der Waals surface area (Å²) in [6.07, 6.45) is 5.30. The second kappa shape index (κ2) is 38.9. The van der Waals surface area contributed by atoms with Crippen molar-refractivity contribution in [3.63, 3.8) is 0 Å². The number of amidine groups is 1. The molecule has 0 amide bonds. The second-order valence-corrected chi connectivity index (χ2v) is 23.5. The maximum Gasteiger partial charge on any atom is 0.216 e. The zero-order valence-electron chi connectivity index (χ0n) is 54.0. The van der Waals surface area contributed by atoms with Crippen molar-refractivity contribution in [1.82, 2.24) is 19.8 Å². The molecule has 3 rings (SSSR count). The molecule has 0 aromatic heterocycles. The average molecular weight is 994 g/mol. The second-order valence-electron chi connectivity index (χ2n) is 23.5. The first-order chi connectivity index (χ1) is 32.5. The van der Waals surface area contributed by atoms with Gasteiger partial charge in [0.25, 0.3) is 0 Å². The van der Waals surface area contributed by atoms with Gasteiger partial charge in [-0.05, 0) is 80.6 Å². The first-order valence-electron chi connectivity index (χ1n) is 27.5. The minimum Gasteiger partial charge on any atom is -0.363 e. The Hall–Kier alpha value is -3.68. The van der Waals surface area contributed by atoms with E-state index in [9.17, 15) is 0 Å². The summed E-state index contributed by atoms with van der Waals surface area (Å²) < 4.78 is 0. The molecule has 1 aliphatic heterocycles. The third-order valence-electron chi connectivity index (χ3n) is 13.4. The summed E-state index contributed by atoms with van der Waals surface area (Å²) >= 11 is 0. The first-order valence-corrected chi connectivity index (χ1v) is 27.5. The van der Waals surface area contributed by atoms with Crippen LogP contribution in [0.5, 0.6) is 0 Å². The van der Waals surface area contributed by atoms with Gasteiger partial charge in [0.1, 0.15) is 5.84 Å². The van der Waals surface area contributed by atoms with E-state index < -0.39 is 0 Å². The monoisotopic (exact) mass is 993 g/mol. The van der Waals surface area contributed by atoms with Crippen LogP contribution in [0, 0.1) is 59.2 Å². The molecule has 0 aliphatic carbocycles. The van der Waals surface area contributed by atoms with E-state index in [1.165, 1.54) is 53.6 Å². The third kappa shape index (κ3) is 35.2. The Morgan fingerprint density at radius 2 is 0.986 bits per heavy atom. The van der Waals surface area contributed by atoms with Gasteiger partial charge in [-0.1, -0.05) is 225 Å². The van der Waals surface area contributed by atoms with Gasteiger partial charge in [-0.25, -0.2) is 5.01 Å². The minimum atomic E-state index is 0.0967. The number of hydrogen-bond acceptors (Lipinski definition) is 6. The van der Waals surface area contributed by atoms with Crippen LogP contribution in [-0.2, 0) is 6.54 Å². The predicted octanol–water partition coefficient (Wildman–Crippen LogP) is 17.9. The fourth-order valence-electron chi connectivity index (χ4n) is 7.03. The van der Waals surface area contributed by atoms with Crippen LogP contribution < -0.4 is 0 Å². The Labute approximate surface area is 446 Å². The van der Waals surface area contributed by atoms with Gasteiger partial charge in [0.05, 0.1) is 6.54 Å². The van der Waals surface area contributed by atoms with E-state index in [4.69, 9.17) is 0 Å². The number of hydrazone groups is 2. The molecule has 71 heavy (non-hydrogen) atoms. The van der Waals surface area contributed by atoms with E-state index >= 15 is 0 Å². The molecular weight excluding hydrogens is 869 g/mol. The molecule has 0 bridgehead atoms. The SMILES string of the molecule is C/C(=N\N(C)C)C(C)(C)C(C)C.CC.CC.CCC(C)(C)CC(C)C.CCC(C)(C)CC(C)C.CN=C(N(C)C)N(C)/N=C(\C)C(C)(C)C(C)C.Cc1ccc2c(c1)CN=C2N(C)C.Cc1ccccc1. The van der Waals surface area contributed by atoms with Gasteiger partial charge in [-0.15, -0.1) is 0 Å². The zero-order chi connectivity index (χ0) is 57.3. The van der Waals surface area contributed by atoms with Crippen LogP contribution in [0.25, 0.3) is 0 Å². The van der Waals surface area contributed by atoms with Crippen molar-refractivity contribution in [2.45, 2.75) is 212 Å². The van der Waals surface area contributed by atoms with Crippen molar-refractivity contribution < 1.29 is 0 Å². The molecule has 0 saturated carbocycles. The summed E-state index contributed by atoms with van der Waals surface area (Å²) in [4.78, 5) is 12.7. The standard InChI is InChI=1S/C13H28N4.C11H14N2.C10H22N2.2C9H20.C7H8.2C2H6/c1-10(2)13(4,5)11(3)15-17(9)12(14-6)16(7)8;1-8-4-5-10-9(6-8)7-12-11(10)13(2)3;1-8(2)10(4,5)9(3)11-12(6)7;2*1-6-9(4,5)7-8(2)3;1-7-5-3-2-4-6-7;2*1-2/h10H,1-9H3;4-6H,7H2,1-3H3;8H,1-7H3;2*8H,6-7H2,1-5H3;2-6H,1H3;2*1-2H3/b14-12?,15-11+;;11-9+;;;;;. The van der Waals surface area contributed by atoms with Gasteiger partial charge in [0.15, 0.2) is 0 Å². The summed E-state index contributed by atoms with van der Waals surface area (Å²) in [6.45, 7) is 58.1. The molecular formula is C63H124N8. The molecule has 0 N–H and O–H groups in total. The minimum absolute atomic E-state index is 0.0967. The number of benzene rings is 2. The van der Waals surface area contributed by atoms with Crippen molar-refractivity contribution in [3.05, 3.63) is 70.8 Å². The highest BCUT2D eigenvalue weighted by atomic mass is 15.5. The van der Waals surface area contributed by atoms with Crippen molar-refractivity contribution in [2.24, 2.45) is 65.5 Å². The summed E-state index contributed by atoms with van der Waals surface area (Å²) in [5, 5.41) is 12.8. The lowest BCUT2D eigenvalue weighted by Gasteiger charge is -2.31. The molecule has 8 nitrogen and oxygen atoms in total. The van der Waals surface area contributed by atoms with Gasteiger partial charge >= 0.3 is 0 Å². The van der Waals surface area contributed by atoms with Gasteiger partial charge in [0.2, 0.25) is 5.96 Å². The molecule has 0 radical (unpaired) electrons. The van der Waals surface area contributed by atoms with E-state index in [1.54, 1.807) is 7.05 Å². The number of fused-ring (bicyclic) bond motifs is 1. The lowest BCUT2D eigenvalue weighted by molar-refractivity contribution is 0.277. The quantitative estimate of drug-likeness (QED) is 0.121. The molecule has 2 aromatic rings. The van der Waals surface area contributed by atoms with Gasteiger partial charge in [-0.3, -0.25) is 9.98 Å². The van der Waals surface area contributed by atoms with Crippen LogP contribution in [0.3, 0.4) is 0 Å². The Kier molecular flexibility index (Phi) is 41.7. The van der Waals surface area contributed by atoms with Crippen LogP contribution in [0.1, 0.15) is 214 Å². The van der Waals surface area contributed by atoms with E-state index in [2.05, 4.69) is 208 Å². The molecule has 2 aromatic carbocycles. The first kappa shape index (κ1) is 76.2. The van der Waals surface area contributed by atoms with Crippen LogP contribution in [0.4, 0.5) is 0 Å². The van der Waals surface area contributed by atoms with Crippen molar-refractivity contribution in [2.75, 3.05) is 56.4 Å². The normalized spacial score (nSPS) is 12.5. The lowest BCUT2D eigenvalue weighted by Crippen LogP contribution is -2.37. The van der Waals surface area contributed by atoms with E-state index in [0.29, 0.717) is 22.7 Å². The highest BCUT2D eigenvalue weighted by Gasteiger charge is 2.27. The fraction of sp³-hybridized carbons (Fsp3) is 0.746. The molecule has 0 spiro atoms. The van der Waals surface area contributed by atoms with Crippen molar-refractivity contribution >= 4 is 23.2 Å². The summed E-state index contributed by atoms with van der Waals surface area (Å²) in [5.74, 6) is 4.83. The predicted molar refractivity (Wildman–Crippen MR) is 328 cm³/mol. The topological polar surface area (TPSA) is 62.4 Å². The van der Waals surface area contributed by atoms with Crippen LogP contribution in [-0.4, -0.2) is 99.4 Å². The van der Waals surface area contributed by atoms with Gasteiger partial charge < -0.3 is 14.8 Å². The Bertz CT molecular complexity index is 1710. The summed E-state index contributed by atoms with van der Waals surface area (Å²) in [5.41, 5.74) is 9.02. The molecule has 0 fully saturated rings. The average Bonchev–Trinajstić information content (AvgIpc) is 3.69. The highest BCUT2D eigenvalue weighted by Crippen LogP contribution is 2.30. The largest absolute Gasteiger partial charge is 0.363 e. The maximum atomic E-state index is 4.64. The highest BCUT2D eigenvalue weighted by molar-refractivity contribution is 6.01. The molecule has 0 atom stereocenters. The molecule has 0 saturated heterocycles. The fourth-order valence-corrected chi connectivity index (χ4v) is 7.03. The molecule has 8 heteroatoms. The lowest BCUT2D eigenvalue weighted by atomic mass is 9.77. The van der Waals surface area contributed by atoms with Crippen LogP contribution in [0.2, 0.25) is 0 Å². The van der Waals surface area contributed by atoms with Crippen molar-refractivity contribution in [1.29, 1.82) is 0 Å². The van der Waals surface area contributed by atoms with E-state index in [-0.39, 0.29) is 10.8 Å². The Morgan fingerprint density at radius 1 is 0.592 bits per heavy atom. The van der Waals surface area contributed by atoms with E-state index in [0.717, 1.165) is 35.9 Å². The van der Waals surface area contributed by atoms with Crippen LogP contribution in [0.15, 0.2) is 68.7 Å². The Balaban J connectivity index is -0.000000247. The van der Waals surface area contributed by atoms with Gasteiger partial charge in [0, 0.05) is 84.2 Å². The number of aliphatic imine (C=N–C) groups is 2. The van der Waals surface area contributed by atoms with Crippen molar-refractivity contribution in [3.8, 4) is 0 Å². The molecule has 1 aliphatic rings. The third-order valence-corrected chi connectivity index (χ3v) is 13.4. The molecule has 0 unspecified atom stereocenters. The maximum absolute atomic E-state index is 4.64.